The van der Waals surface area contributed by atoms with Crippen LogP contribution in [0.15, 0.2) is 24.3 Å². The Bertz CT molecular complexity index is 501. The van der Waals surface area contributed by atoms with E-state index in [4.69, 9.17) is 18.9 Å². The van der Waals surface area contributed by atoms with Gasteiger partial charge in [0.15, 0.2) is 6.10 Å². The van der Waals surface area contributed by atoms with Gasteiger partial charge in [0.1, 0.15) is 5.75 Å². The van der Waals surface area contributed by atoms with Crippen LogP contribution >= 0.6 is 0 Å². The van der Waals surface area contributed by atoms with Crippen LogP contribution in [0.3, 0.4) is 0 Å². The molecule has 1 fully saturated rings. The first-order valence-electron chi connectivity index (χ1n) is 8.35. The van der Waals surface area contributed by atoms with E-state index in [0.29, 0.717) is 19.6 Å². The van der Waals surface area contributed by atoms with Crippen LogP contribution < -0.4 is 4.74 Å². The molecule has 1 aromatic carbocycles. The smallest absolute Gasteiger partial charge is 0.337 e. The third-order valence-electron chi connectivity index (χ3n) is 4.03. The van der Waals surface area contributed by atoms with Crippen LogP contribution in [0.2, 0.25) is 0 Å². The Morgan fingerprint density at radius 2 is 2.08 bits per heavy atom. The summed E-state index contributed by atoms with van der Waals surface area (Å²) in [5.74, 6) is 0.211. The second-order valence-electron chi connectivity index (χ2n) is 5.76. The molecular weight excluding hydrogens is 312 g/mol. The van der Waals surface area contributed by atoms with Gasteiger partial charge in [0, 0.05) is 6.61 Å². The van der Waals surface area contributed by atoms with Crippen molar-refractivity contribution in [3.05, 3.63) is 29.8 Å². The highest BCUT2D eigenvalue weighted by Crippen LogP contribution is 2.25. The lowest BCUT2D eigenvalue weighted by Crippen LogP contribution is -2.35. The number of benzene rings is 1. The molecule has 6 heteroatoms. The van der Waals surface area contributed by atoms with Gasteiger partial charge in [0.25, 0.3) is 0 Å². The van der Waals surface area contributed by atoms with Crippen molar-refractivity contribution in [2.45, 2.75) is 51.1 Å². The first-order chi connectivity index (χ1) is 11.6. The molecule has 0 spiro atoms. The van der Waals surface area contributed by atoms with E-state index < -0.39 is 18.2 Å². The first-order valence-corrected chi connectivity index (χ1v) is 8.35. The van der Waals surface area contributed by atoms with E-state index in [9.17, 15) is 9.90 Å². The van der Waals surface area contributed by atoms with Crippen LogP contribution in [-0.2, 0) is 25.6 Å². The molecule has 1 saturated heterocycles. The molecular formula is C18H26O6. The van der Waals surface area contributed by atoms with Gasteiger partial charge in [-0.15, -0.1) is 0 Å². The predicted molar refractivity (Wildman–Crippen MR) is 87.8 cm³/mol. The van der Waals surface area contributed by atoms with Crippen molar-refractivity contribution in [1.82, 2.24) is 0 Å². The number of carbonyl (C=O) groups is 1. The molecule has 6 nitrogen and oxygen atoms in total. The number of methoxy groups -OCH3 is 1. The Kier molecular flexibility index (Phi) is 7.49. The number of aliphatic hydroxyl groups excluding tert-OH is 1. The molecule has 1 N–H and O–H groups in total. The largest absolute Gasteiger partial charge is 0.497 e. The maximum atomic E-state index is 11.5. The molecule has 3 atom stereocenters. The van der Waals surface area contributed by atoms with Crippen molar-refractivity contribution < 1.29 is 28.8 Å². The highest BCUT2D eigenvalue weighted by atomic mass is 16.6. The zero-order valence-electron chi connectivity index (χ0n) is 14.3. The summed E-state index contributed by atoms with van der Waals surface area (Å²) in [5.41, 5.74) is 1.08. The van der Waals surface area contributed by atoms with E-state index in [2.05, 4.69) is 0 Å². The lowest BCUT2D eigenvalue weighted by atomic mass is 10.1. The molecule has 2 rings (SSSR count). The molecule has 0 radical (unpaired) electrons. The fourth-order valence-electron chi connectivity index (χ4n) is 2.68. The van der Waals surface area contributed by atoms with E-state index >= 15 is 0 Å². The Hall–Kier alpha value is -1.63. The number of aliphatic hydroxyl groups is 1. The van der Waals surface area contributed by atoms with Gasteiger partial charge < -0.3 is 24.1 Å². The van der Waals surface area contributed by atoms with E-state index in [1.54, 1.807) is 14.0 Å². The van der Waals surface area contributed by atoms with E-state index in [1.807, 2.05) is 24.3 Å². The summed E-state index contributed by atoms with van der Waals surface area (Å²) in [6.45, 7) is 3.07. The van der Waals surface area contributed by atoms with Crippen molar-refractivity contribution in [3.63, 3.8) is 0 Å². The molecule has 0 saturated carbocycles. The number of esters is 1. The fourth-order valence-corrected chi connectivity index (χ4v) is 2.68. The summed E-state index contributed by atoms with van der Waals surface area (Å²) >= 11 is 0. The van der Waals surface area contributed by atoms with E-state index in [-0.39, 0.29) is 12.7 Å². The van der Waals surface area contributed by atoms with Crippen molar-refractivity contribution in [2.24, 2.45) is 0 Å². The van der Waals surface area contributed by atoms with E-state index in [1.165, 1.54) is 0 Å². The van der Waals surface area contributed by atoms with Gasteiger partial charge in [0.05, 0.1) is 32.5 Å². The van der Waals surface area contributed by atoms with Gasteiger partial charge in [-0.05, 0) is 43.9 Å². The van der Waals surface area contributed by atoms with Crippen LogP contribution in [0.5, 0.6) is 5.75 Å². The molecule has 1 aliphatic heterocycles. The molecule has 0 amide bonds. The van der Waals surface area contributed by atoms with Crippen molar-refractivity contribution in [2.75, 3.05) is 20.3 Å². The second-order valence-corrected chi connectivity index (χ2v) is 5.76. The molecule has 0 aromatic heterocycles. The Balaban J connectivity index is 1.64. The number of ether oxygens (including phenoxy) is 4. The molecule has 1 aliphatic rings. The van der Waals surface area contributed by atoms with Gasteiger partial charge in [-0.25, -0.2) is 4.79 Å². The second kappa shape index (κ2) is 9.61. The predicted octanol–water partition coefficient (Wildman–Crippen LogP) is 2.07. The van der Waals surface area contributed by atoms with Crippen LogP contribution in [-0.4, -0.2) is 49.7 Å². The molecule has 24 heavy (non-hydrogen) atoms. The van der Waals surface area contributed by atoms with E-state index in [0.717, 1.165) is 24.2 Å². The van der Waals surface area contributed by atoms with Crippen LogP contribution in [0.4, 0.5) is 0 Å². The van der Waals surface area contributed by atoms with Crippen molar-refractivity contribution in [1.29, 1.82) is 0 Å². The standard InChI is InChI=1S/C18H26O6/c1-3-23-18(20)17(19)16-9-8-15(24-16)10-11-22-12-13-4-6-14(21-2)7-5-13/h4-7,15-17,19H,3,8-12H2,1-2H3/t15-,16+,17-/m0/s1. The zero-order chi connectivity index (χ0) is 17.4. The van der Waals surface area contributed by atoms with Crippen molar-refractivity contribution >= 4 is 5.97 Å². The number of carbonyl (C=O) groups excluding carboxylic acids is 1. The third-order valence-corrected chi connectivity index (χ3v) is 4.03. The zero-order valence-corrected chi connectivity index (χ0v) is 14.3. The molecule has 0 bridgehead atoms. The fraction of sp³-hybridized carbons (Fsp3) is 0.611. The summed E-state index contributed by atoms with van der Waals surface area (Å²) in [4.78, 5) is 11.5. The van der Waals surface area contributed by atoms with Gasteiger partial charge in [-0.2, -0.15) is 0 Å². The molecule has 1 aromatic rings. The topological polar surface area (TPSA) is 74.2 Å². The lowest BCUT2D eigenvalue weighted by molar-refractivity contribution is -0.161. The van der Waals surface area contributed by atoms with Gasteiger partial charge in [0.2, 0.25) is 0 Å². The summed E-state index contributed by atoms with van der Waals surface area (Å²) in [6, 6.07) is 7.74. The summed E-state index contributed by atoms with van der Waals surface area (Å²) in [7, 11) is 1.64. The van der Waals surface area contributed by atoms with Crippen LogP contribution in [0.1, 0.15) is 31.7 Å². The Morgan fingerprint density at radius 1 is 1.33 bits per heavy atom. The van der Waals surface area contributed by atoms with Gasteiger partial charge in [-0.3, -0.25) is 0 Å². The summed E-state index contributed by atoms with van der Waals surface area (Å²) in [5, 5.41) is 9.89. The quantitative estimate of drug-likeness (QED) is 0.549. The summed E-state index contributed by atoms with van der Waals surface area (Å²) in [6.07, 6.45) is 0.541. The van der Waals surface area contributed by atoms with Crippen LogP contribution in [0.25, 0.3) is 0 Å². The maximum Gasteiger partial charge on any atom is 0.337 e. The number of hydrogen-bond acceptors (Lipinski definition) is 6. The minimum atomic E-state index is -1.20. The maximum absolute atomic E-state index is 11.5. The number of hydrogen-bond donors (Lipinski definition) is 1. The number of rotatable bonds is 9. The van der Waals surface area contributed by atoms with Gasteiger partial charge >= 0.3 is 5.97 Å². The third kappa shape index (κ3) is 5.47. The molecule has 0 unspecified atom stereocenters. The van der Waals surface area contributed by atoms with Crippen LogP contribution in [0, 0.1) is 0 Å². The first kappa shape index (κ1) is 18.7. The molecule has 134 valence electrons. The Labute approximate surface area is 142 Å². The highest BCUT2D eigenvalue weighted by Gasteiger charge is 2.35. The molecule has 0 aliphatic carbocycles. The molecule has 1 heterocycles. The monoisotopic (exact) mass is 338 g/mol. The van der Waals surface area contributed by atoms with Crippen molar-refractivity contribution in [3.8, 4) is 5.75 Å². The Morgan fingerprint density at radius 3 is 2.75 bits per heavy atom. The minimum absolute atomic E-state index is 0.00921. The lowest BCUT2D eigenvalue weighted by Gasteiger charge is -2.18. The minimum Gasteiger partial charge on any atom is -0.497 e. The highest BCUT2D eigenvalue weighted by molar-refractivity contribution is 5.75. The van der Waals surface area contributed by atoms with Gasteiger partial charge in [-0.1, -0.05) is 12.1 Å². The normalized spacial score (nSPS) is 21.5. The summed E-state index contributed by atoms with van der Waals surface area (Å²) < 4.78 is 21.3. The average Bonchev–Trinajstić information content (AvgIpc) is 3.07. The SMILES string of the molecule is CCOC(=O)[C@@H](O)[C@H]1CC[C@@H](CCOCc2ccc(OC)cc2)O1. The average molecular weight is 338 g/mol.